The smallest absolute Gasteiger partial charge is 0.156 e. The maximum absolute atomic E-state index is 11.0. The molecule has 1 aromatic carbocycles. The summed E-state index contributed by atoms with van der Waals surface area (Å²) in [6.45, 7) is 5.89. The van der Waals surface area contributed by atoms with Crippen LogP contribution in [0.3, 0.4) is 0 Å². The quantitative estimate of drug-likeness (QED) is 0.788. The molecule has 3 N–H and O–H groups in total. The zero-order chi connectivity index (χ0) is 20.1. The van der Waals surface area contributed by atoms with E-state index in [1.165, 1.54) is 0 Å². The summed E-state index contributed by atoms with van der Waals surface area (Å²) in [4.78, 5) is 11.8. The Morgan fingerprint density at radius 2 is 1.86 bits per heavy atom. The normalized spacial score (nSPS) is 20.7. The van der Waals surface area contributed by atoms with Crippen molar-refractivity contribution in [2.24, 2.45) is 5.73 Å². The van der Waals surface area contributed by atoms with Gasteiger partial charge in [0.15, 0.2) is 11.4 Å². The number of hydrogen-bond donors (Lipinski definition) is 2. The number of anilines is 1. The van der Waals surface area contributed by atoms with E-state index in [1.54, 1.807) is 6.07 Å². The van der Waals surface area contributed by atoms with Gasteiger partial charge in [-0.05, 0) is 32.8 Å². The largest absolute Gasteiger partial charge is 0.379 e. The summed E-state index contributed by atoms with van der Waals surface area (Å²) in [5.41, 5.74) is 7.52. The number of piperidine rings is 1. The van der Waals surface area contributed by atoms with Gasteiger partial charge in [-0.2, -0.15) is 0 Å². The van der Waals surface area contributed by atoms with Crippen molar-refractivity contribution >= 4 is 29.0 Å². The second-order valence-electron chi connectivity index (χ2n) is 8.10. The molecular formula is C20H24Cl2N4O2. The van der Waals surface area contributed by atoms with Crippen LogP contribution in [0.5, 0.6) is 0 Å². The molecule has 6 nitrogen and oxygen atoms in total. The van der Waals surface area contributed by atoms with Crippen molar-refractivity contribution < 1.29 is 9.84 Å². The highest BCUT2D eigenvalue weighted by molar-refractivity contribution is 6.43. The first-order valence-corrected chi connectivity index (χ1v) is 10.1. The first-order valence-electron chi connectivity index (χ1n) is 9.38. The molecule has 3 heterocycles. The predicted molar refractivity (Wildman–Crippen MR) is 111 cm³/mol. The van der Waals surface area contributed by atoms with Crippen molar-refractivity contribution in [1.29, 1.82) is 0 Å². The minimum atomic E-state index is -1.15. The molecule has 8 heteroatoms. The van der Waals surface area contributed by atoms with Gasteiger partial charge >= 0.3 is 0 Å². The zero-order valence-electron chi connectivity index (χ0n) is 16.0. The Bertz CT molecular complexity index is 905. The molecule has 4 rings (SSSR count). The van der Waals surface area contributed by atoms with Crippen LogP contribution in [0.1, 0.15) is 31.2 Å². The van der Waals surface area contributed by atoms with Gasteiger partial charge in [-0.25, -0.2) is 9.97 Å². The number of halogens is 2. The summed E-state index contributed by atoms with van der Waals surface area (Å²) >= 11 is 12.6. The Labute approximate surface area is 174 Å². The van der Waals surface area contributed by atoms with Crippen molar-refractivity contribution in [2.75, 3.05) is 31.2 Å². The van der Waals surface area contributed by atoms with E-state index in [0.717, 1.165) is 31.6 Å². The molecule has 2 aromatic rings. The molecule has 0 bridgehead atoms. The Morgan fingerprint density at radius 3 is 2.46 bits per heavy atom. The van der Waals surface area contributed by atoms with E-state index in [4.69, 9.17) is 43.6 Å². The molecule has 0 amide bonds. The van der Waals surface area contributed by atoms with E-state index in [0.29, 0.717) is 32.8 Å². The third-order valence-electron chi connectivity index (χ3n) is 5.59. The summed E-state index contributed by atoms with van der Waals surface area (Å²) in [5, 5.41) is 11.9. The van der Waals surface area contributed by atoms with E-state index < -0.39 is 5.60 Å². The standard InChI is InChI=1S/C20H24Cl2N4O2/c1-12-16(13-4-3-5-14(21)15(13)22)25-17(20(27)10-28-11-20)18(24-12)26-8-6-19(2,23)7-9-26/h3-5,27H,6-11,23H2,1-2H3. The van der Waals surface area contributed by atoms with Crippen LogP contribution in [0, 0.1) is 6.92 Å². The highest BCUT2D eigenvalue weighted by Gasteiger charge is 2.44. The SMILES string of the molecule is Cc1nc(N2CCC(C)(N)CC2)c(C2(O)COC2)nc1-c1cccc(Cl)c1Cl. The van der Waals surface area contributed by atoms with E-state index in [-0.39, 0.29) is 18.8 Å². The fourth-order valence-corrected chi connectivity index (χ4v) is 4.03. The number of nitrogens with two attached hydrogens (primary N) is 1. The molecule has 0 atom stereocenters. The van der Waals surface area contributed by atoms with Crippen LogP contribution in [0.2, 0.25) is 10.0 Å². The molecule has 0 saturated carbocycles. The molecule has 28 heavy (non-hydrogen) atoms. The number of nitrogens with zero attached hydrogens (tertiary/aromatic N) is 3. The number of aryl methyl sites for hydroxylation is 1. The molecule has 2 fully saturated rings. The molecule has 0 unspecified atom stereocenters. The molecule has 0 aliphatic carbocycles. The van der Waals surface area contributed by atoms with Gasteiger partial charge in [-0.15, -0.1) is 0 Å². The van der Waals surface area contributed by atoms with Crippen LogP contribution < -0.4 is 10.6 Å². The Hall–Kier alpha value is -1.44. The van der Waals surface area contributed by atoms with Gasteiger partial charge in [0.1, 0.15) is 5.69 Å². The summed E-state index contributed by atoms with van der Waals surface area (Å²) in [5.74, 6) is 0.695. The maximum Gasteiger partial charge on any atom is 0.156 e. The van der Waals surface area contributed by atoms with Crippen molar-refractivity contribution in [3.05, 3.63) is 39.6 Å². The Kier molecular flexibility index (Phi) is 5.04. The van der Waals surface area contributed by atoms with Crippen LogP contribution in [0.4, 0.5) is 5.82 Å². The summed E-state index contributed by atoms with van der Waals surface area (Å²) in [6.07, 6.45) is 1.70. The van der Waals surface area contributed by atoms with Gasteiger partial charge in [0.05, 0.1) is 34.6 Å². The minimum absolute atomic E-state index is 0.177. The molecule has 2 saturated heterocycles. The number of hydrogen-bond acceptors (Lipinski definition) is 6. The van der Waals surface area contributed by atoms with Gasteiger partial charge < -0.3 is 20.5 Å². The molecular weight excluding hydrogens is 399 g/mol. The van der Waals surface area contributed by atoms with Crippen molar-refractivity contribution in [1.82, 2.24) is 9.97 Å². The average Bonchev–Trinajstić information content (AvgIpc) is 2.62. The van der Waals surface area contributed by atoms with Crippen LogP contribution in [-0.2, 0) is 10.3 Å². The summed E-state index contributed by atoms with van der Waals surface area (Å²) in [6, 6.07) is 5.42. The third kappa shape index (κ3) is 3.48. The second kappa shape index (κ2) is 7.11. The van der Waals surface area contributed by atoms with Crippen molar-refractivity contribution in [2.45, 2.75) is 37.8 Å². The van der Waals surface area contributed by atoms with Crippen molar-refractivity contribution in [3.63, 3.8) is 0 Å². The van der Waals surface area contributed by atoms with E-state index in [1.807, 2.05) is 19.1 Å². The monoisotopic (exact) mass is 422 g/mol. The fraction of sp³-hybridized carbons (Fsp3) is 0.500. The van der Waals surface area contributed by atoms with Gasteiger partial charge in [-0.1, -0.05) is 35.3 Å². The Morgan fingerprint density at radius 1 is 1.18 bits per heavy atom. The number of rotatable bonds is 3. The number of aliphatic hydroxyl groups is 1. The lowest BCUT2D eigenvalue weighted by molar-refractivity contribution is -0.186. The molecule has 0 radical (unpaired) electrons. The van der Waals surface area contributed by atoms with Gasteiger partial charge in [0, 0.05) is 24.2 Å². The van der Waals surface area contributed by atoms with Crippen molar-refractivity contribution in [3.8, 4) is 11.3 Å². The molecule has 1 aromatic heterocycles. The van der Waals surface area contributed by atoms with E-state index in [2.05, 4.69) is 11.8 Å². The lowest BCUT2D eigenvalue weighted by Crippen LogP contribution is -2.51. The lowest BCUT2D eigenvalue weighted by atomic mass is 9.90. The fourth-order valence-electron chi connectivity index (χ4n) is 3.64. The first-order chi connectivity index (χ1) is 13.2. The maximum atomic E-state index is 11.0. The summed E-state index contributed by atoms with van der Waals surface area (Å²) < 4.78 is 5.28. The van der Waals surface area contributed by atoms with Crippen LogP contribution in [0.15, 0.2) is 18.2 Å². The highest BCUT2D eigenvalue weighted by Crippen LogP contribution is 2.40. The number of benzene rings is 1. The first kappa shape index (κ1) is 19.9. The average molecular weight is 423 g/mol. The van der Waals surface area contributed by atoms with Crippen LogP contribution in [0.25, 0.3) is 11.3 Å². The lowest BCUT2D eigenvalue weighted by Gasteiger charge is -2.41. The number of aromatic nitrogens is 2. The predicted octanol–water partition coefficient (Wildman–Crippen LogP) is 3.29. The minimum Gasteiger partial charge on any atom is -0.379 e. The van der Waals surface area contributed by atoms with Gasteiger partial charge in [-0.3, -0.25) is 0 Å². The number of ether oxygens (including phenoxy) is 1. The molecule has 150 valence electrons. The van der Waals surface area contributed by atoms with E-state index >= 15 is 0 Å². The molecule has 2 aliphatic rings. The highest BCUT2D eigenvalue weighted by atomic mass is 35.5. The molecule has 2 aliphatic heterocycles. The van der Waals surface area contributed by atoms with Crippen LogP contribution >= 0.6 is 23.2 Å². The Balaban J connectivity index is 1.82. The second-order valence-corrected chi connectivity index (χ2v) is 8.88. The van der Waals surface area contributed by atoms with E-state index in [9.17, 15) is 5.11 Å². The summed E-state index contributed by atoms with van der Waals surface area (Å²) in [7, 11) is 0. The van der Waals surface area contributed by atoms with Crippen LogP contribution in [-0.4, -0.2) is 46.9 Å². The van der Waals surface area contributed by atoms with Gasteiger partial charge in [0.2, 0.25) is 0 Å². The topological polar surface area (TPSA) is 84.5 Å². The third-order valence-corrected chi connectivity index (χ3v) is 6.41. The molecule has 0 spiro atoms. The zero-order valence-corrected chi connectivity index (χ0v) is 17.5. The van der Waals surface area contributed by atoms with Gasteiger partial charge in [0.25, 0.3) is 0 Å².